The number of likely N-dealkylation sites (tertiary alicyclic amines) is 1. The summed E-state index contributed by atoms with van der Waals surface area (Å²) in [6.07, 6.45) is 2.75. The molecular formula is C33H42N4O6. The highest BCUT2D eigenvalue weighted by Gasteiger charge is 2.38. The Morgan fingerprint density at radius 3 is 2.23 bits per heavy atom. The molecule has 230 valence electrons. The second-order valence-electron chi connectivity index (χ2n) is 12.6. The van der Waals surface area contributed by atoms with Crippen LogP contribution in [0.4, 0.5) is 9.59 Å². The normalized spacial score (nSPS) is 18.3. The number of rotatable bonds is 10. The smallest absolute Gasteiger partial charge is 0.410 e. The van der Waals surface area contributed by atoms with E-state index in [1.807, 2.05) is 24.3 Å². The van der Waals surface area contributed by atoms with Gasteiger partial charge < -0.3 is 25.4 Å². The third-order valence-corrected chi connectivity index (χ3v) is 8.02. The molecule has 2 aromatic rings. The molecule has 3 N–H and O–H groups in total. The summed E-state index contributed by atoms with van der Waals surface area (Å²) in [6, 6.07) is 15.0. The number of fused-ring (bicyclic) bond motifs is 3. The summed E-state index contributed by atoms with van der Waals surface area (Å²) in [7, 11) is 0. The SMILES string of the molecule is CC(C)(C)OC(=O)N1CCCC1C(=O)NC(CCCNC(=O)OCC1c2ccccc2-c2ccccc21)C(=O)NC1CC1. The fraction of sp³-hybridized carbons (Fsp3) is 0.515. The lowest BCUT2D eigenvalue weighted by molar-refractivity contribution is -0.131. The predicted molar refractivity (Wildman–Crippen MR) is 161 cm³/mol. The summed E-state index contributed by atoms with van der Waals surface area (Å²) in [5.41, 5.74) is 3.94. The lowest BCUT2D eigenvalue weighted by Gasteiger charge is -2.29. The van der Waals surface area contributed by atoms with Gasteiger partial charge in [-0.05, 0) is 81.5 Å². The van der Waals surface area contributed by atoms with E-state index in [1.165, 1.54) is 4.90 Å². The summed E-state index contributed by atoms with van der Waals surface area (Å²) in [5, 5.41) is 8.60. The quantitative estimate of drug-likeness (QED) is 0.351. The van der Waals surface area contributed by atoms with Gasteiger partial charge in [0.1, 0.15) is 24.3 Å². The molecule has 1 saturated carbocycles. The summed E-state index contributed by atoms with van der Waals surface area (Å²) >= 11 is 0. The highest BCUT2D eigenvalue weighted by molar-refractivity contribution is 5.91. The van der Waals surface area contributed by atoms with E-state index in [0.29, 0.717) is 32.2 Å². The van der Waals surface area contributed by atoms with Crippen LogP contribution in [-0.4, -0.2) is 72.3 Å². The number of hydrogen-bond acceptors (Lipinski definition) is 6. The van der Waals surface area contributed by atoms with Gasteiger partial charge in [0.05, 0.1) is 0 Å². The third kappa shape index (κ3) is 7.66. The molecule has 1 saturated heterocycles. The van der Waals surface area contributed by atoms with Crippen molar-refractivity contribution in [2.45, 2.75) is 88.9 Å². The molecule has 10 heteroatoms. The van der Waals surface area contributed by atoms with Crippen LogP contribution in [0.25, 0.3) is 11.1 Å². The van der Waals surface area contributed by atoms with Crippen LogP contribution in [0.2, 0.25) is 0 Å². The number of nitrogens with one attached hydrogen (secondary N) is 3. The molecule has 43 heavy (non-hydrogen) atoms. The molecule has 0 spiro atoms. The maximum atomic E-state index is 13.2. The minimum Gasteiger partial charge on any atom is -0.449 e. The Balaban J connectivity index is 1.11. The number of amides is 4. The number of hydrogen-bond donors (Lipinski definition) is 3. The standard InChI is InChI=1S/C33H42N4O6/c1-33(2,3)43-32(41)37-19-9-15-28(37)30(39)36-27(29(38)35-21-16-17-21)14-8-18-34-31(40)42-20-26-24-12-6-4-10-22(24)23-11-5-7-13-25(23)26/h4-7,10-13,21,26-28H,8-9,14-20H2,1-3H3,(H,34,40)(H,35,38)(H,36,39). The molecule has 3 aliphatic rings. The van der Waals surface area contributed by atoms with E-state index in [9.17, 15) is 19.2 Å². The van der Waals surface area contributed by atoms with E-state index < -0.39 is 29.9 Å². The third-order valence-electron chi connectivity index (χ3n) is 8.02. The molecule has 2 atom stereocenters. The average Bonchev–Trinajstić information content (AvgIpc) is 3.53. The Bertz CT molecular complexity index is 1310. The van der Waals surface area contributed by atoms with E-state index in [-0.39, 0.29) is 36.9 Å². The summed E-state index contributed by atoms with van der Waals surface area (Å²) < 4.78 is 11.1. The van der Waals surface area contributed by atoms with Gasteiger partial charge in [0.15, 0.2) is 0 Å². The molecule has 4 amide bonds. The lowest BCUT2D eigenvalue weighted by Crippen LogP contribution is -2.54. The van der Waals surface area contributed by atoms with E-state index >= 15 is 0 Å². The molecule has 2 aliphatic carbocycles. The van der Waals surface area contributed by atoms with Crippen LogP contribution in [0.15, 0.2) is 48.5 Å². The lowest BCUT2D eigenvalue weighted by atomic mass is 9.98. The number of alkyl carbamates (subject to hydrolysis) is 1. The van der Waals surface area contributed by atoms with Crippen LogP contribution in [0, 0.1) is 0 Å². The molecule has 5 rings (SSSR count). The van der Waals surface area contributed by atoms with E-state index in [2.05, 4.69) is 40.2 Å². The topological polar surface area (TPSA) is 126 Å². The fourth-order valence-corrected chi connectivity index (χ4v) is 5.79. The molecule has 0 bridgehead atoms. The minimum absolute atomic E-state index is 0.0281. The van der Waals surface area contributed by atoms with Crippen molar-refractivity contribution in [2.24, 2.45) is 0 Å². The second kappa shape index (κ2) is 13.1. The zero-order valence-corrected chi connectivity index (χ0v) is 25.2. The van der Waals surface area contributed by atoms with Gasteiger partial charge in [0, 0.05) is 25.0 Å². The number of nitrogens with zero attached hydrogens (tertiary/aromatic N) is 1. The average molecular weight is 591 g/mol. The zero-order chi connectivity index (χ0) is 30.6. The van der Waals surface area contributed by atoms with Gasteiger partial charge in [-0.2, -0.15) is 0 Å². The summed E-state index contributed by atoms with van der Waals surface area (Å²) in [6.45, 7) is 6.28. The Morgan fingerprint density at radius 1 is 0.953 bits per heavy atom. The highest BCUT2D eigenvalue weighted by atomic mass is 16.6. The first kappa shape index (κ1) is 30.4. The van der Waals surface area contributed by atoms with Crippen molar-refractivity contribution in [3.05, 3.63) is 59.7 Å². The van der Waals surface area contributed by atoms with Gasteiger partial charge in [0.25, 0.3) is 0 Å². The van der Waals surface area contributed by atoms with Crippen molar-refractivity contribution in [3.8, 4) is 11.1 Å². The monoisotopic (exact) mass is 590 g/mol. The van der Waals surface area contributed by atoms with Crippen LogP contribution in [-0.2, 0) is 19.1 Å². The predicted octanol–water partition coefficient (Wildman–Crippen LogP) is 4.47. The van der Waals surface area contributed by atoms with Crippen molar-refractivity contribution in [1.82, 2.24) is 20.9 Å². The molecule has 2 unspecified atom stereocenters. The number of carbonyl (C=O) groups is 4. The molecular weight excluding hydrogens is 548 g/mol. The maximum Gasteiger partial charge on any atom is 0.410 e. The Labute approximate surface area is 252 Å². The summed E-state index contributed by atoms with van der Waals surface area (Å²) in [4.78, 5) is 52.9. The highest BCUT2D eigenvalue weighted by Crippen LogP contribution is 2.44. The zero-order valence-electron chi connectivity index (χ0n) is 25.2. The molecule has 0 aromatic heterocycles. The van der Waals surface area contributed by atoms with Crippen molar-refractivity contribution in [3.63, 3.8) is 0 Å². The van der Waals surface area contributed by atoms with Gasteiger partial charge >= 0.3 is 12.2 Å². The van der Waals surface area contributed by atoms with Crippen molar-refractivity contribution in [2.75, 3.05) is 19.7 Å². The number of carbonyl (C=O) groups excluding carboxylic acids is 4. The first-order valence-corrected chi connectivity index (χ1v) is 15.3. The molecule has 1 heterocycles. The Hall–Kier alpha value is -4.08. The Kier molecular flexibility index (Phi) is 9.22. The van der Waals surface area contributed by atoms with Crippen LogP contribution in [0.3, 0.4) is 0 Å². The number of ether oxygens (including phenoxy) is 2. The minimum atomic E-state index is -0.779. The van der Waals surface area contributed by atoms with Gasteiger partial charge in [-0.25, -0.2) is 9.59 Å². The van der Waals surface area contributed by atoms with E-state index in [1.54, 1.807) is 20.8 Å². The van der Waals surface area contributed by atoms with Gasteiger partial charge in [-0.3, -0.25) is 14.5 Å². The molecule has 0 radical (unpaired) electrons. The molecule has 2 aromatic carbocycles. The van der Waals surface area contributed by atoms with Crippen LogP contribution in [0.1, 0.15) is 76.3 Å². The number of benzene rings is 2. The van der Waals surface area contributed by atoms with Crippen molar-refractivity contribution >= 4 is 24.0 Å². The van der Waals surface area contributed by atoms with Gasteiger partial charge in [-0.15, -0.1) is 0 Å². The summed E-state index contributed by atoms with van der Waals surface area (Å²) in [5.74, 6) is -0.651. The largest absolute Gasteiger partial charge is 0.449 e. The molecule has 10 nitrogen and oxygen atoms in total. The second-order valence-corrected chi connectivity index (χ2v) is 12.6. The first-order valence-electron chi connectivity index (χ1n) is 15.3. The van der Waals surface area contributed by atoms with Crippen LogP contribution < -0.4 is 16.0 Å². The van der Waals surface area contributed by atoms with E-state index in [4.69, 9.17) is 9.47 Å². The first-order chi connectivity index (χ1) is 20.6. The maximum absolute atomic E-state index is 13.2. The van der Waals surface area contributed by atoms with Crippen molar-refractivity contribution < 1.29 is 28.7 Å². The van der Waals surface area contributed by atoms with Crippen molar-refractivity contribution in [1.29, 1.82) is 0 Å². The van der Waals surface area contributed by atoms with Crippen LogP contribution in [0.5, 0.6) is 0 Å². The molecule has 1 aliphatic heterocycles. The molecule has 2 fully saturated rings. The fourth-order valence-electron chi connectivity index (χ4n) is 5.79. The van der Waals surface area contributed by atoms with Crippen LogP contribution >= 0.6 is 0 Å². The van der Waals surface area contributed by atoms with Gasteiger partial charge in [0.2, 0.25) is 11.8 Å². The van der Waals surface area contributed by atoms with E-state index in [0.717, 1.165) is 35.1 Å². The Morgan fingerprint density at radius 2 is 1.60 bits per heavy atom. The van der Waals surface area contributed by atoms with Gasteiger partial charge in [-0.1, -0.05) is 48.5 Å².